The number of rotatable bonds is 3. The van der Waals surface area contributed by atoms with E-state index in [0.29, 0.717) is 16.4 Å². The van der Waals surface area contributed by atoms with Crippen LogP contribution in [0.25, 0.3) is 55.7 Å². The molecule has 0 aliphatic heterocycles. The highest BCUT2D eigenvalue weighted by Crippen LogP contribution is 2.39. The van der Waals surface area contributed by atoms with Crippen LogP contribution < -0.4 is 0 Å². The lowest BCUT2D eigenvalue weighted by atomic mass is 9.92. The van der Waals surface area contributed by atoms with Gasteiger partial charge >= 0.3 is 0 Å². The fourth-order valence-electron chi connectivity index (χ4n) is 4.19. The van der Waals surface area contributed by atoms with Gasteiger partial charge in [-0.05, 0) is 36.1 Å². The van der Waals surface area contributed by atoms with Gasteiger partial charge in [-0.25, -0.2) is 24.9 Å². The van der Waals surface area contributed by atoms with Crippen LogP contribution in [-0.4, -0.2) is 34.9 Å². The molecule has 0 bridgehead atoms. The molecule has 4 heterocycles. The fourth-order valence-corrected chi connectivity index (χ4v) is 4.31. The predicted octanol–water partition coefficient (Wildman–Crippen LogP) is 5.65. The van der Waals surface area contributed by atoms with E-state index >= 15 is 0 Å². The molecule has 0 unspecified atom stereocenters. The Labute approximate surface area is 193 Å². The van der Waals surface area contributed by atoms with Gasteiger partial charge in [0, 0.05) is 39.5 Å². The number of pyridine rings is 1. The van der Waals surface area contributed by atoms with Gasteiger partial charge in [-0.1, -0.05) is 35.9 Å². The Balaban J connectivity index is 1.64. The third kappa shape index (κ3) is 3.21. The molecular weight excluding hydrogens is 434 g/mol. The SMILES string of the molecule is Cc1ccc2c(-c3ccc(Cl)cc3)nccc2c1-c1ncncc1-c1ncnc2nc[nH]c12. The molecule has 0 aliphatic rings. The number of nitrogens with one attached hydrogen (secondary N) is 1. The number of H-pyrrole nitrogens is 1. The first-order valence-corrected chi connectivity index (χ1v) is 10.7. The van der Waals surface area contributed by atoms with Crippen LogP contribution in [0.2, 0.25) is 5.02 Å². The molecule has 0 atom stereocenters. The molecule has 0 saturated heterocycles. The quantitative estimate of drug-likeness (QED) is 0.375. The zero-order valence-electron chi connectivity index (χ0n) is 17.5. The molecule has 0 fully saturated rings. The molecule has 8 heteroatoms. The Morgan fingerprint density at radius 3 is 2.48 bits per heavy atom. The van der Waals surface area contributed by atoms with Crippen molar-refractivity contribution in [2.45, 2.75) is 6.92 Å². The molecule has 6 aromatic rings. The Morgan fingerprint density at radius 1 is 0.758 bits per heavy atom. The normalized spacial score (nSPS) is 11.3. The number of imidazole rings is 1. The molecule has 0 aliphatic carbocycles. The van der Waals surface area contributed by atoms with Crippen LogP contribution in [0.4, 0.5) is 0 Å². The van der Waals surface area contributed by atoms with Gasteiger partial charge in [0.05, 0.1) is 17.7 Å². The van der Waals surface area contributed by atoms with Crippen LogP contribution in [0.3, 0.4) is 0 Å². The fraction of sp³-hybridized carbons (Fsp3) is 0.0400. The second-order valence-electron chi connectivity index (χ2n) is 7.63. The van der Waals surface area contributed by atoms with Gasteiger partial charge in [-0.15, -0.1) is 0 Å². The van der Waals surface area contributed by atoms with Gasteiger partial charge in [-0.2, -0.15) is 0 Å². The summed E-state index contributed by atoms with van der Waals surface area (Å²) >= 11 is 6.10. The number of benzene rings is 2. The van der Waals surface area contributed by atoms with Crippen LogP contribution in [0, 0.1) is 6.92 Å². The summed E-state index contributed by atoms with van der Waals surface area (Å²) < 4.78 is 0. The standard InChI is InChI=1S/C25H16ClN7/c1-14-2-7-18-17(8-9-28-21(18)15-3-5-16(26)6-4-15)20(14)22-19(10-27-11-29-22)23-24-25(32-12-30-23)33-13-31-24/h2-13H,1H3,(H,30,31,32,33). The summed E-state index contributed by atoms with van der Waals surface area (Å²) in [6, 6.07) is 13.9. The maximum Gasteiger partial charge on any atom is 0.181 e. The van der Waals surface area contributed by atoms with Gasteiger partial charge in [0.25, 0.3) is 0 Å². The molecule has 158 valence electrons. The molecule has 2 aromatic carbocycles. The monoisotopic (exact) mass is 449 g/mol. The highest BCUT2D eigenvalue weighted by molar-refractivity contribution is 6.30. The maximum absolute atomic E-state index is 6.10. The zero-order valence-corrected chi connectivity index (χ0v) is 18.2. The topological polar surface area (TPSA) is 93.1 Å². The summed E-state index contributed by atoms with van der Waals surface area (Å²) in [6.07, 6.45) is 8.29. The van der Waals surface area contributed by atoms with Crippen molar-refractivity contribution in [3.63, 3.8) is 0 Å². The lowest BCUT2D eigenvalue weighted by molar-refractivity contribution is 1.15. The number of aromatic amines is 1. The first-order chi connectivity index (χ1) is 16.2. The third-order valence-corrected chi connectivity index (χ3v) is 5.95. The van der Waals surface area contributed by atoms with Gasteiger partial charge in [-0.3, -0.25) is 4.98 Å². The molecule has 7 nitrogen and oxygen atoms in total. The minimum absolute atomic E-state index is 0.596. The second kappa shape index (κ2) is 7.72. The molecule has 0 saturated carbocycles. The Bertz CT molecular complexity index is 1640. The van der Waals surface area contributed by atoms with Crippen molar-refractivity contribution in [3.8, 4) is 33.8 Å². The Morgan fingerprint density at radius 2 is 1.61 bits per heavy atom. The molecule has 4 aromatic heterocycles. The van der Waals surface area contributed by atoms with Crippen molar-refractivity contribution in [3.05, 3.63) is 84.4 Å². The predicted molar refractivity (Wildman–Crippen MR) is 129 cm³/mol. The van der Waals surface area contributed by atoms with Crippen LogP contribution in [0.15, 0.2) is 73.8 Å². The van der Waals surface area contributed by atoms with Crippen molar-refractivity contribution < 1.29 is 0 Å². The first-order valence-electron chi connectivity index (χ1n) is 10.3. The van der Waals surface area contributed by atoms with Gasteiger partial charge < -0.3 is 4.98 Å². The van der Waals surface area contributed by atoms with E-state index in [0.717, 1.165) is 49.9 Å². The number of nitrogens with zero attached hydrogens (tertiary/aromatic N) is 6. The van der Waals surface area contributed by atoms with Crippen molar-refractivity contribution in [1.82, 2.24) is 34.9 Å². The number of hydrogen-bond acceptors (Lipinski definition) is 6. The Hall–Kier alpha value is -4.23. The van der Waals surface area contributed by atoms with Crippen LogP contribution >= 0.6 is 11.6 Å². The summed E-state index contributed by atoms with van der Waals surface area (Å²) in [7, 11) is 0. The summed E-state index contributed by atoms with van der Waals surface area (Å²) in [4.78, 5) is 29.8. The average molecular weight is 450 g/mol. The smallest absolute Gasteiger partial charge is 0.181 e. The van der Waals surface area contributed by atoms with E-state index in [1.165, 1.54) is 6.33 Å². The molecule has 6 rings (SSSR count). The number of aryl methyl sites for hydroxylation is 1. The lowest BCUT2D eigenvalue weighted by Gasteiger charge is -2.15. The van der Waals surface area contributed by atoms with Crippen molar-refractivity contribution in [1.29, 1.82) is 0 Å². The molecule has 0 amide bonds. The van der Waals surface area contributed by atoms with E-state index in [1.807, 2.05) is 36.5 Å². The van der Waals surface area contributed by atoms with E-state index in [-0.39, 0.29) is 0 Å². The van der Waals surface area contributed by atoms with E-state index in [9.17, 15) is 0 Å². The summed E-state index contributed by atoms with van der Waals surface area (Å²) in [5.41, 5.74) is 7.62. The largest absolute Gasteiger partial charge is 0.341 e. The van der Waals surface area contributed by atoms with Gasteiger partial charge in [0.1, 0.15) is 23.9 Å². The van der Waals surface area contributed by atoms with Crippen molar-refractivity contribution >= 4 is 33.5 Å². The van der Waals surface area contributed by atoms with Crippen molar-refractivity contribution in [2.75, 3.05) is 0 Å². The number of halogens is 1. The molecule has 0 radical (unpaired) electrons. The highest BCUT2D eigenvalue weighted by atomic mass is 35.5. The van der Waals surface area contributed by atoms with E-state index < -0.39 is 0 Å². The van der Waals surface area contributed by atoms with Crippen LogP contribution in [0.1, 0.15) is 5.56 Å². The number of aromatic nitrogens is 7. The molecular formula is C25H16ClN7. The molecule has 0 spiro atoms. The van der Waals surface area contributed by atoms with E-state index in [2.05, 4.69) is 49.0 Å². The minimum Gasteiger partial charge on any atom is -0.341 e. The number of fused-ring (bicyclic) bond motifs is 2. The van der Waals surface area contributed by atoms with E-state index in [4.69, 9.17) is 16.6 Å². The van der Waals surface area contributed by atoms with Crippen LogP contribution in [-0.2, 0) is 0 Å². The van der Waals surface area contributed by atoms with Crippen molar-refractivity contribution in [2.24, 2.45) is 0 Å². The lowest BCUT2D eigenvalue weighted by Crippen LogP contribution is -1.98. The summed E-state index contributed by atoms with van der Waals surface area (Å²) in [5.74, 6) is 0. The molecule has 33 heavy (non-hydrogen) atoms. The summed E-state index contributed by atoms with van der Waals surface area (Å²) in [6.45, 7) is 2.08. The second-order valence-corrected chi connectivity index (χ2v) is 8.06. The molecule has 1 N–H and O–H groups in total. The highest BCUT2D eigenvalue weighted by Gasteiger charge is 2.19. The van der Waals surface area contributed by atoms with Gasteiger partial charge in [0.15, 0.2) is 5.65 Å². The van der Waals surface area contributed by atoms with E-state index in [1.54, 1.807) is 18.9 Å². The first kappa shape index (κ1) is 19.5. The zero-order chi connectivity index (χ0) is 22.4. The average Bonchev–Trinajstić information content (AvgIpc) is 3.33. The maximum atomic E-state index is 6.10. The Kier molecular flexibility index (Phi) is 4.55. The third-order valence-electron chi connectivity index (χ3n) is 5.70. The minimum atomic E-state index is 0.596. The van der Waals surface area contributed by atoms with Crippen LogP contribution in [0.5, 0.6) is 0 Å². The summed E-state index contributed by atoms with van der Waals surface area (Å²) in [5, 5.41) is 2.76. The number of hydrogen-bond donors (Lipinski definition) is 1. The van der Waals surface area contributed by atoms with Gasteiger partial charge in [0.2, 0.25) is 0 Å².